The molecule has 0 aliphatic carbocycles. The molecule has 3 rings (SSSR count). The van der Waals surface area contributed by atoms with Gasteiger partial charge in [0, 0.05) is 6.42 Å². The number of halogens is 4. The van der Waals surface area contributed by atoms with Crippen molar-refractivity contribution in [1.29, 1.82) is 5.26 Å². The Balaban J connectivity index is 1.74. The molecule has 1 atom stereocenters. The maximum absolute atomic E-state index is 12.9. The van der Waals surface area contributed by atoms with Crippen LogP contribution in [0.15, 0.2) is 51.6 Å². The molecular weight excluding hydrogens is 443 g/mol. The van der Waals surface area contributed by atoms with Crippen molar-refractivity contribution >= 4 is 40.9 Å². The number of carbonyl (C=O) groups is 2. The summed E-state index contributed by atoms with van der Waals surface area (Å²) in [4.78, 5) is 24.3. The number of amides is 2. The van der Waals surface area contributed by atoms with Crippen LogP contribution in [0, 0.1) is 11.3 Å². The zero-order valence-corrected chi connectivity index (χ0v) is 16.6. The Morgan fingerprint density at radius 2 is 2.17 bits per heavy atom. The first-order valence-corrected chi connectivity index (χ1v) is 9.82. The van der Waals surface area contributed by atoms with Crippen LogP contribution in [0.3, 0.4) is 0 Å². The molecule has 30 heavy (non-hydrogen) atoms. The summed E-state index contributed by atoms with van der Waals surface area (Å²) in [7, 11) is 0. The van der Waals surface area contributed by atoms with E-state index in [2.05, 4.69) is 10.6 Å². The Hall–Kier alpha value is -2.90. The van der Waals surface area contributed by atoms with E-state index in [1.54, 1.807) is 12.1 Å². The summed E-state index contributed by atoms with van der Waals surface area (Å²) in [6, 6.07) is 7.89. The van der Waals surface area contributed by atoms with Gasteiger partial charge in [0.25, 0.3) is 0 Å². The van der Waals surface area contributed by atoms with Crippen LogP contribution in [-0.4, -0.2) is 17.6 Å². The summed E-state index contributed by atoms with van der Waals surface area (Å²) >= 11 is 6.76. The van der Waals surface area contributed by atoms with Crippen LogP contribution in [0.1, 0.15) is 23.7 Å². The Morgan fingerprint density at radius 3 is 2.80 bits per heavy atom. The van der Waals surface area contributed by atoms with Gasteiger partial charge in [-0.15, -0.1) is 0 Å². The maximum Gasteiger partial charge on any atom is 0.416 e. The largest absolute Gasteiger partial charge is 0.469 e. The molecule has 2 aromatic rings. The van der Waals surface area contributed by atoms with E-state index in [-0.39, 0.29) is 39.4 Å². The molecule has 1 aliphatic rings. The Morgan fingerprint density at radius 1 is 1.40 bits per heavy atom. The van der Waals surface area contributed by atoms with Crippen molar-refractivity contribution in [3.63, 3.8) is 0 Å². The van der Waals surface area contributed by atoms with E-state index in [0.29, 0.717) is 5.76 Å². The van der Waals surface area contributed by atoms with Crippen molar-refractivity contribution < 1.29 is 27.2 Å². The molecule has 2 amide bonds. The third-order valence-electron chi connectivity index (χ3n) is 4.16. The molecule has 0 unspecified atom stereocenters. The fraction of sp³-hybridized carbons (Fsp3) is 0.211. The molecule has 0 fully saturated rings. The van der Waals surface area contributed by atoms with Crippen LogP contribution in [0.4, 0.5) is 18.9 Å². The fourth-order valence-corrected chi connectivity index (χ4v) is 3.83. The number of hydrogen-bond acceptors (Lipinski definition) is 5. The highest BCUT2D eigenvalue weighted by atomic mass is 35.5. The zero-order valence-electron chi connectivity index (χ0n) is 15.0. The standard InChI is InChI=1S/C19H13ClF3N3O3S/c20-13-4-3-10(19(21,22)23)6-14(13)25-17(28)9-30-18-12(8-24)11(7-16(27)26-18)15-2-1-5-29-15/h1-6,11H,7,9H2,(H,25,28)(H,26,27)/t11-/m0/s1. The fourth-order valence-electron chi connectivity index (χ4n) is 2.79. The van der Waals surface area contributed by atoms with Crippen LogP contribution >= 0.6 is 23.4 Å². The van der Waals surface area contributed by atoms with Crippen molar-refractivity contribution in [2.24, 2.45) is 0 Å². The normalized spacial score (nSPS) is 16.8. The number of thioether (sulfide) groups is 1. The number of carbonyl (C=O) groups excluding carboxylic acids is 2. The van der Waals surface area contributed by atoms with Crippen LogP contribution in [0.5, 0.6) is 0 Å². The maximum atomic E-state index is 12.9. The minimum absolute atomic E-state index is 0.0203. The van der Waals surface area contributed by atoms with E-state index in [4.69, 9.17) is 16.0 Å². The summed E-state index contributed by atoms with van der Waals surface area (Å²) in [5.74, 6) is -1.40. The zero-order chi connectivity index (χ0) is 21.9. The van der Waals surface area contributed by atoms with Gasteiger partial charge in [0.15, 0.2) is 0 Å². The lowest BCUT2D eigenvalue weighted by atomic mass is 9.92. The molecule has 0 bridgehead atoms. The smallest absolute Gasteiger partial charge is 0.416 e. The molecule has 0 saturated carbocycles. The summed E-state index contributed by atoms with van der Waals surface area (Å²) in [6.45, 7) is 0. The first-order valence-electron chi connectivity index (χ1n) is 8.46. The van der Waals surface area contributed by atoms with Gasteiger partial charge in [-0.1, -0.05) is 23.4 Å². The molecular formula is C19H13ClF3N3O3S. The van der Waals surface area contributed by atoms with E-state index in [9.17, 15) is 28.0 Å². The van der Waals surface area contributed by atoms with Gasteiger partial charge in [0.1, 0.15) is 5.76 Å². The first kappa shape index (κ1) is 21.8. The van der Waals surface area contributed by atoms with Gasteiger partial charge in [0.2, 0.25) is 11.8 Å². The number of nitrogens with zero attached hydrogens (tertiary/aromatic N) is 1. The third kappa shape index (κ3) is 4.98. The van der Waals surface area contributed by atoms with Crippen molar-refractivity contribution in [2.45, 2.75) is 18.5 Å². The number of nitrogens with one attached hydrogen (secondary N) is 2. The molecule has 2 heterocycles. The molecule has 156 valence electrons. The average molecular weight is 456 g/mol. The van der Waals surface area contributed by atoms with Crippen LogP contribution in [0.2, 0.25) is 5.02 Å². The van der Waals surface area contributed by atoms with Gasteiger partial charge >= 0.3 is 6.18 Å². The minimum atomic E-state index is -4.58. The van der Waals surface area contributed by atoms with E-state index in [1.165, 1.54) is 6.26 Å². The first-order chi connectivity index (χ1) is 14.2. The van der Waals surface area contributed by atoms with Gasteiger partial charge < -0.3 is 15.1 Å². The third-order valence-corrected chi connectivity index (χ3v) is 5.50. The molecule has 0 saturated heterocycles. The summed E-state index contributed by atoms with van der Waals surface area (Å²) in [6.07, 6.45) is -3.14. The SMILES string of the molecule is N#CC1=C(SCC(=O)Nc2cc(C(F)(F)F)ccc2Cl)NC(=O)C[C@@H]1c1ccco1. The van der Waals surface area contributed by atoms with Gasteiger partial charge in [-0.3, -0.25) is 9.59 Å². The van der Waals surface area contributed by atoms with E-state index in [1.807, 2.05) is 6.07 Å². The molecule has 0 radical (unpaired) electrons. The highest BCUT2D eigenvalue weighted by Gasteiger charge is 2.32. The highest BCUT2D eigenvalue weighted by molar-refractivity contribution is 8.03. The summed E-state index contributed by atoms with van der Waals surface area (Å²) < 4.78 is 43.9. The van der Waals surface area contributed by atoms with Crippen molar-refractivity contribution in [3.8, 4) is 6.07 Å². The van der Waals surface area contributed by atoms with Gasteiger partial charge in [-0.05, 0) is 30.3 Å². The molecule has 1 aromatic heterocycles. The second kappa shape index (κ2) is 8.85. The van der Waals surface area contributed by atoms with Crippen LogP contribution in [-0.2, 0) is 15.8 Å². The van der Waals surface area contributed by atoms with Crippen molar-refractivity contribution in [3.05, 3.63) is 63.5 Å². The molecule has 1 aromatic carbocycles. The quantitative estimate of drug-likeness (QED) is 0.683. The van der Waals surface area contributed by atoms with Crippen LogP contribution in [0.25, 0.3) is 0 Å². The Kier molecular flexibility index (Phi) is 6.43. The predicted octanol–water partition coefficient (Wildman–Crippen LogP) is 4.66. The highest BCUT2D eigenvalue weighted by Crippen LogP contribution is 2.37. The number of benzene rings is 1. The van der Waals surface area contributed by atoms with Gasteiger partial charge in [-0.25, -0.2) is 0 Å². The second-order valence-corrected chi connectivity index (χ2v) is 7.60. The molecule has 11 heteroatoms. The second-order valence-electron chi connectivity index (χ2n) is 6.20. The predicted molar refractivity (Wildman–Crippen MR) is 104 cm³/mol. The number of anilines is 1. The number of allylic oxidation sites excluding steroid dienone is 1. The topological polar surface area (TPSA) is 95.1 Å². The lowest BCUT2D eigenvalue weighted by Crippen LogP contribution is -2.31. The molecule has 0 spiro atoms. The van der Waals surface area contributed by atoms with Crippen molar-refractivity contribution in [2.75, 3.05) is 11.1 Å². The molecule has 6 nitrogen and oxygen atoms in total. The number of alkyl halides is 3. The van der Waals surface area contributed by atoms with Gasteiger partial charge in [-0.2, -0.15) is 18.4 Å². The Labute approximate surface area is 178 Å². The number of nitriles is 1. The monoisotopic (exact) mass is 455 g/mol. The minimum Gasteiger partial charge on any atom is -0.469 e. The molecule has 2 N–H and O–H groups in total. The molecule has 1 aliphatic heterocycles. The number of hydrogen-bond donors (Lipinski definition) is 2. The lowest BCUT2D eigenvalue weighted by Gasteiger charge is -2.23. The lowest BCUT2D eigenvalue weighted by molar-refractivity contribution is -0.137. The van der Waals surface area contributed by atoms with E-state index < -0.39 is 23.6 Å². The van der Waals surface area contributed by atoms with Crippen molar-refractivity contribution in [1.82, 2.24) is 5.32 Å². The average Bonchev–Trinajstić information content (AvgIpc) is 3.21. The Bertz CT molecular complexity index is 1050. The van der Waals surface area contributed by atoms with E-state index in [0.717, 1.165) is 30.0 Å². The van der Waals surface area contributed by atoms with Gasteiger partial charge in [0.05, 0.1) is 50.9 Å². The summed E-state index contributed by atoms with van der Waals surface area (Å²) in [5.41, 5.74) is -0.905. The number of furan rings is 1. The summed E-state index contributed by atoms with van der Waals surface area (Å²) in [5, 5.41) is 14.5. The van der Waals surface area contributed by atoms with Crippen LogP contribution < -0.4 is 10.6 Å². The van der Waals surface area contributed by atoms with E-state index >= 15 is 0 Å². The number of rotatable bonds is 5.